The van der Waals surface area contributed by atoms with Crippen LogP contribution >= 0.6 is 22.9 Å². The van der Waals surface area contributed by atoms with E-state index in [0.29, 0.717) is 11.4 Å². The third kappa shape index (κ3) is 2.56. The quantitative estimate of drug-likeness (QED) is 0.764. The molecule has 0 fully saturated rings. The molecule has 72 valence electrons. The van der Waals surface area contributed by atoms with Crippen LogP contribution in [0.3, 0.4) is 0 Å². The number of aryl methyl sites for hydroxylation is 1. The highest BCUT2D eigenvalue weighted by Crippen LogP contribution is 2.34. The summed E-state index contributed by atoms with van der Waals surface area (Å²) in [5, 5.41) is 12.4. The average Bonchev–Trinajstić information content (AvgIpc) is 2.31. The molecule has 0 aliphatic carbocycles. The van der Waals surface area contributed by atoms with Gasteiger partial charge in [0.1, 0.15) is 0 Å². The lowest BCUT2D eigenvalue weighted by atomic mass is 10.1. The predicted molar refractivity (Wildman–Crippen MR) is 58.5 cm³/mol. The van der Waals surface area contributed by atoms with Gasteiger partial charge in [-0.15, -0.1) is 17.9 Å². The van der Waals surface area contributed by atoms with E-state index in [1.807, 2.05) is 19.2 Å². The minimum absolute atomic E-state index is 0.497. The van der Waals surface area contributed by atoms with Crippen LogP contribution in [0.2, 0.25) is 5.02 Å². The molecule has 0 spiro atoms. The van der Waals surface area contributed by atoms with Crippen molar-refractivity contribution < 1.29 is 5.11 Å². The second-order valence-corrected chi connectivity index (χ2v) is 4.56. The Morgan fingerprint density at radius 1 is 1.77 bits per heavy atom. The molecule has 1 unspecified atom stereocenters. The molecule has 3 heteroatoms. The number of hydrogen-bond donors (Lipinski definition) is 1. The lowest BCUT2D eigenvalue weighted by Crippen LogP contribution is -1.95. The van der Waals surface area contributed by atoms with Gasteiger partial charge in [-0.25, -0.2) is 0 Å². The minimum atomic E-state index is -0.497. The van der Waals surface area contributed by atoms with Crippen LogP contribution in [0.5, 0.6) is 0 Å². The molecule has 0 saturated carbocycles. The average molecular weight is 217 g/mol. The highest BCUT2D eigenvalue weighted by atomic mass is 35.5. The molecule has 0 bridgehead atoms. The maximum atomic E-state index is 9.75. The third-order valence-electron chi connectivity index (χ3n) is 1.77. The van der Waals surface area contributed by atoms with Gasteiger partial charge in [0.15, 0.2) is 0 Å². The Hall–Kier alpha value is -0.310. The van der Waals surface area contributed by atoms with E-state index in [0.717, 1.165) is 16.0 Å². The standard InChI is InChI=1S/C10H13ClOS/c1-6(2)4-8(12)10-9(11)7(3)5-13-10/h5,8,12H,1,4H2,2-3H3. The summed E-state index contributed by atoms with van der Waals surface area (Å²) in [6.45, 7) is 7.60. The van der Waals surface area contributed by atoms with Gasteiger partial charge in [0, 0.05) is 0 Å². The summed E-state index contributed by atoms with van der Waals surface area (Å²) in [4.78, 5) is 0.849. The number of thiophene rings is 1. The van der Waals surface area contributed by atoms with Crippen molar-refractivity contribution in [3.8, 4) is 0 Å². The van der Waals surface area contributed by atoms with Crippen LogP contribution in [-0.2, 0) is 0 Å². The van der Waals surface area contributed by atoms with Gasteiger partial charge in [-0.3, -0.25) is 0 Å². The fourth-order valence-corrected chi connectivity index (χ4v) is 2.40. The first-order chi connectivity index (χ1) is 6.02. The van der Waals surface area contributed by atoms with Gasteiger partial charge >= 0.3 is 0 Å². The zero-order chi connectivity index (χ0) is 10.0. The maximum absolute atomic E-state index is 9.75. The second-order valence-electron chi connectivity index (χ2n) is 3.27. The molecule has 0 aliphatic rings. The first kappa shape index (κ1) is 10.8. The Bertz CT molecular complexity index is 317. The largest absolute Gasteiger partial charge is 0.387 e. The van der Waals surface area contributed by atoms with Gasteiger partial charge in [0.25, 0.3) is 0 Å². The van der Waals surface area contributed by atoms with Crippen LogP contribution in [0, 0.1) is 6.92 Å². The Labute approximate surface area is 87.7 Å². The summed E-state index contributed by atoms with van der Waals surface area (Å²) in [6, 6.07) is 0. The zero-order valence-corrected chi connectivity index (χ0v) is 9.37. The van der Waals surface area contributed by atoms with E-state index < -0.39 is 6.10 Å². The fraction of sp³-hybridized carbons (Fsp3) is 0.400. The predicted octanol–water partition coefficient (Wildman–Crippen LogP) is 3.71. The van der Waals surface area contributed by atoms with E-state index in [1.54, 1.807) is 0 Å². The van der Waals surface area contributed by atoms with Crippen LogP contribution < -0.4 is 0 Å². The van der Waals surface area contributed by atoms with Gasteiger partial charge < -0.3 is 5.11 Å². The van der Waals surface area contributed by atoms with E-state index in [2.05, 4.69) is 6.58 Å². The van der Waals surface area contributed by atoms with Crippen molar-refractivity contribution >= 4 is 22.9 Å². The molecule has 1 aromatic rings. The van der Waals surface area contributed by atoms with Gasteiger partial charge in [-0.1, -0.05) is 17.2 Å². The monoisotopic (exact) mass is 216 g/mol. The maximum Gasteiger partial charge on any atom is 0.0933 e. The van der Waals surface area contributed by atoms with Crippen LogP contribution in [0.1, 0.15) is 29.9 Å². The van der Waals surface area contributed by atoms with E-state index in [4.69, 9.17) is 11.6 Å². The van der Waals surface area contributed by atoms with Gasteiger partial charge in [-0.05, 0) is 31.2 Å². The summed E-state index contributed by atoms with van der Waals surface area (Å²) < 4.78 is 0. The van der Waals surface area contributed by atoms with Crippen molar-refractivity contribution in [2.75, 3.05) is 0 Å². The van der Waals surface area contributed by atoms with E-state index >= 15 is 0 Å². The summed E-state index contributed by atoms with van der Waals surface area (Å²) in [5.74, 6) is 0. The first-order valence-electron chi connectivity index (χ1n) is 4.08. The fourth-order valence-electron chi connectivity index (χ4n) is 1.10. The van der Waals surface area contributed by atoms with Crippen LogP contribution in [0.25, 0.3) is 0 Å². The highest BCUT2D eigenvalue weighted by molar-refractivity contribution is 7.10. The van der Waals surface area contributed by atoms with Gasteiger partial charge in [-0.2, -0.15) is 0 Å². The lowest BCUT2D eigenvalue weighted by Gasteiger charge is -2.08. The summed E-state index contributed by atoms with van der Waals surface area (Å²) >= 11 is 7.51. The van der Waals surface area contributed by atoms with E-state index in [1.165, 1.54) is 11.3 Å². The molecule has 1 aromatic heterocycles. The number of rotatable bonds is 3. The molecule has 1 nitrogen and oxygen atoms in total. The Morgan fingerprint density at radius 3 is 2.77 bits per heavy atom. The number of halogens is 1. The second kappa shape index (κ2) is 4.27. The smallest absolute Gasteiger partial charge is 0.0933 e. The molecule has 0 aliphatic heterocycles. The molecule has 1 heterocycles. The Kier molecular flexibility index (Phi) is 3.54. The minimum Gasteiger partial charge on any atom is -0.387 e. The lowest BCUT2D eigenvalue weighted by molar-refractivity contribution is 0.182. The zero-order valence-electron chi connectivity index (χ0n) is 7.80. The molecule has 0 saturated heterocycles. The number of hydrogen-bond acceptors (Lipinski definition) is 2. The molecule has 0 aromatic carbocycles. The molecule has 0 radical (unpaired) electrons. The van der Waals surface area contributed by atoms with Crippen LogP contribution in [-0.4, -0.2) is 5.11 Å². The normalized spacial score (nSPS) is 12.9. The van der Waals surface area contributed by atoms with Crippen molar-refractivity contribution in [1.29, 1.82) is 0 Å². The summed E-state index contributed by atoms with van der Waals surface area (Å²) in [5.41, 5.74) is 2.00. The van der Waals surface area contributed by atoms with Gasteiger partial charge in [0.05, 0.1) is 16.0 Å². The molecular weight excluding hydrogens is 204 g/mol. The SMILES string of the molecule is C=C(C)CC(O)c1scc(C)c1Cl. The Balaban J connectivity index is 2.82. The molecule has 13 heavy (non-hydrogen) atoms. The molecule has 0 amide bonds. The van der Waals surface area contributed by atoms with Gasteiger partial charge in [0.2, 0.25) is 0 Å². The van der Waals surface area contributed by atoms with E-state index in [-0.39, 0.29) is 0 Å². The number of aliphatic hydroxyl groups is 1. The topological polar surface area (TPSA) is 20.2 Å². The molecule has 1 rings (SSSR count). The molecule has 1 N–H and O–H groups in total. The van der Waals surface area contributed by atoms with Crippen molar-refractivity contribution in [2.45, 2.75) is 26.4 Å². The first-order valence-corrected chi connectivity index (χ1v) is 5.34. The van der Waals surface area contributed by atoms with Crippen molar-refractivity contribution in [3.05, 3.63) is 33.0 Å². The van der Waals surface area contributed by atoms with Crippen molar-refractivity contribution in [3.63, 3.8) is 0 Å². The summed E-state index contributed by atoms with van der Waals surface area (Å²) in [6.07, 6.45) is 0.0864. The molecule has 1 atom stereocenters. The van der Waals surface area contributed by atoms with Crippen molar-refractivity contribution in [1.82, 2.24) is 0 Å². The third-order valence-corrected chi connectivity index (χ3v) is 3.58. The Morgan fingerprint density at radius 2 is 2.38 bits per heavy atom. The summed E-state index contributed by atoms with van der Waals surface area (Å²) in [7, 11) is 0. The van der Waals surface area contributed by atoms with E-state index in [9.17, 15) is 5.11 Å². The van der Waals surface area contributed by atoms with Crippen LogP contribution in [0.15, 0.2) is 17.5 Å². The van der Waals surface area contributed by atoms with Crippen LogP contribution in [0.4, 0.5) is 0 Å². The van der Waals surface area contributed by atoms with Crippen molar-refractivity contribution in [2.24, 2.45) is 0 Å². The molecular formula is C10H13ClOS. The number of aliphatic hydroxyl groups excluding tert-OH is 1. The highest BCUT2D eigenvalue weighted by Gasteiger charge is 2.14.